The third kappa shape index (κ3) is 1.06. The van der Waals surface area contributed by atoms with Crippen LogP contribution in [0.5, 0.6) is 0 Å². The fourth-order valence-electron chi connectivity index (χ4n) is 2.21. The summed E-state index contributed by atoms with van der Waals surface area (Å²) >= 11 is 0. The van der Waals surface area contributed by atoms with Crippen molar-refractivity contribution in [2.24, 2.45) is 5.92 Å². The van der Waals surface area contributed by atoms with Gasteiger partial charge in [0, 0.05) is 6.08 Å². The highest BCUT2D eigenvalue weighted by atomic mass is 16.6. The lowest BCUT2D eigenvalue weighted by atomic mass is 9.77. The average Bonchev–Trinajstić information content (AvgIpc) is 2.41. The smallest absolute Gasteiger partial charge is 0.331 e. The van der Waals surface area contributed by atoms with Crippen molar-refractivity contribution in [3.8, 4) is 0 Å². The minimum absolute atomic E-state index is 0.163. The summed E-state index contributed by atoms with van der Waals surface area (Å²) in [4.78, 5) is 11.0. The van der Waals surface area contributed by atoms with E-state index >= 15 is 0 Å². The molecule has 0 radical (unpaired) electrons. The average molecular weight is 166 g/mol. The number of rotatable bonds is 0. The summed E-state index contributed by atoms with van der Waals surface area (Å²) < 4.78 is 5.35. The normalized spacial score (nSPS) is 40.4. The fourth-order valence-corrected chi connectivity index (χ4v) is 2.21. The third-order valence-electron chi connectivity index (χ3n) is 3.08. The van der Waals surface area contributed by atoms with E-state index in [4.69, 9.17) is 4.74 Å². The van der Waals surface area contributed by atoms with E-state index in [1.807, 2.05) is 6.08 Å². The number of carbonyl (C=O) groups excluding carboxylic acids is 1. The molecule has 0 N–H and O–H groups in total. The SMILES string of the molecule is CC1CCCCC12C=CC(=O)O2. The largest absolute Gasteiger partial charge is 0.451 e. The molecule has 0 aromatic rings. The Bertz CT molecular complexity index is 232. The lowest BCUT2D eigenvalue weighted by Gasteiger charge is -2.36. The minimum Gasteiger partial charge on any atom is -0.451 e. The molecule has 0 bridgehead atoms. The molecule has 0 amide bonds. The van der Waals surface area contributed by atoms with Crippen LogP contribution in [0.3, 0.4) is 0 Å². The van der Waals surface area contributed by atoms with Gasteiger partial charge in [-0.3, -0.25) is 0 Å². The van der Waals surface area contributed by atoms with Gasteiger partial charge in [-0.2, -0.15) is 0 Å². The van der Waals surface area contributed by atoms with Crippen LogP contribution in [0.2, 0.25) is 0 Å². The van der Waals surface area contributed by atoms with Crippen molar-refractivity contribution in [2.75, 3.05) is 0 Å². The van der Waals surface area contributed by atoms with E-state index in [0.717, 1.165) is 6.42 Å². The molecule has 0 aromatic heterocycles. The van der Waals surface area contributed by atoms with E-state index in [9.17, 15) is 4.79 Å². The lowest BCUT2D eigenvalue weighted by Crippen LogP contribution is -2.38. The highest BCUT2D eigenvalue weighted by Gasteiger charge is 2.42. The molecule has 1 fully saturated rings. The summed E-state index contributed by atoms with van der Waals surface area (Å²) in [5.41, 5.74) is -0.227. The van der Waals surface area contributed by atoms with Crippen LogP contribution in [-0.4, -0.2) is 11.6 Å². The maximum Gasteiger partial charge on any atom is 0.331 e. The van der Waals surface area contributed by atoms with Crippen LogP contribution in [0.15, 0.2) is 12.2 Å². The first-order chi connectivity index (χ1) is 5.73. The van der Waals surface area contributed by atoms with Crippen LogP contribution >= 0.6 is 0 Å². The Hall–Kier alpha value is -0.790. The van der Waals surface area contributed by atoms with Gasteiger partial charge in [0.1, 0.15) is 5.60 Å². The van der Waals surface area contributed by atoms with E-state index in [0.29, 0.717) is 5.92 Å². The van der Waals surface area contributed by atoms with Gasteiger partial charge >= 0.3 is 5.97 Å². The molecule has 2 aliphatic rings. The molecule has 2 unspecified atom stereocenters. The molecule has 2 atom stereocenters. The van der Waals surface area contributed by atoms with Crippen LogP contribution in [0.25, 0.3) is 0 Å². The minimum atomic E-state index is -0.227. The molecule has 1 spiro atoms. The zero-order chi connectivity index (χ0) is 8.60. The maximum atomic E-state index is 11.0. The van der Waals surface area contributed by atoms with E-state index in [-0.39, 0.29) is 11.6 Å². The third-order valence-corrected chi connectivity index (χ3v) is 3.08. The van der Waals surface area contributed by atoms with Gasteiger partial charge in [0.15, 0.2) is 0 Å². The first-order valence-corrected chi connectivity index (χ1v) is 4.65. The molecule has 2 rings (SSSR count). The Labute approximate surface area is 72.6 Å². The zero-order valence-corrected chi connectivity index (χ0v) is 7.38. The standard InChI is InChI=1S/C10H14O2/c1-8-4-2-3-6-10(8)7-5-9(11)12-10/h5,7-8H,2-4,6H2,1H3. The van der Waals surface area contributed by atoms with Crippen molar-refractivity contribution in [1.82, 2.24) is 0 Å². The second kappa shape index (κ2) is 2.61. The molecule has 66 valence electrons. The number of hydrogen-bond donors (Lipinski definition) is 0. The van der Waals surface area contributed by atoms with Crippen LogP contribution < -0.4 is 0 Å². The molecular formula is C10H14O2. The van der Waals surface area contributed by atoms with Gasteiger partial charge in [0.2, 0.25) is 0 Å². The van der Waals surface area contributed by atoms with Crippen molar-refractivity contribution >= 4 is 5.97 Å². The van der Waals surface area contributed by atoms with Crippen molar-refractivity contribution in [3.05, 3.63) is 12.2 Å². The highest BCUT2D eigenvalue weighted by molar-refractivity contribution is 5.85. The van der Waals surface area contributed by atoms with Crippen LogP contribution in [0.1, 0.15) is 32.6 Å². The van der Waals surface area contributed by atoms with Crippen LogP contribution in [-0.2, 0) is 9.53 Å². The highest BCUT2D eigenvalue weighted by Crippen LogP contribution is 2.40. The summed E-state index contributed by atoms with van der Waals surface area (Å²) in [6, 6.07) is 0. The van der Waals surface area contributed by atoms with Crippen molar-refractivity contribution < 1.29 is 9.53 Å². The topological polar surface area (TPSA) is 26.3 Å². The van der Waals surface area contributed by atoms with Gasteiger partial charge < -0.3 is 4.74 Å². The predicted molar refractivity (Wildman–Crippen MR) is 45.6 cm³/mol. The monoisotopic (exact) mass is 166 g/mol. The predicted octanol–water partition coefficient (Wildman–Crippen LogP) is 2.05. The fraction of sp³-hybridized carbons (Fsp3) is 0.700. The first-order valence-electron chi connectivity index (χ1n) is 4.65. The summed E-state index contributed by atoms with van der Waals surface area (Å²) in [5, 5.41) is 0. The number of esters is 1. The van der Waals surface area contributed by atoms with E-state index in [1.165, 1.54) is 19.3 Å². The summed E-state index contributed by atoms with van der Waals surface area (Å²) in [7, 11) is 0. The van der Waals surface area contributed by atoms with E-state index in [2.05, 4.69) is 6.92 Å². The number of ether oxygens (including phenoxy) is 1. The molecular weight excluding hydrogens is 152 g/mol. The van der Waals surface area contributed by atoms with Crippen molar-refractivity contribution in [3.63, 3.8) is 0 Å². The van der Waals surface area contributed by atoms with Gasteiger partial charge in [-0.1, -0.05) is 13.3 Å². The maximum absolute atomic E-state index is 11.0. The molecule has 1 saturated carbocycles. The number of hydrogen-bond acceptors (Lipinski definition) is 2. The summed E-state index contributed by atoms with van der Waals surface area (Å²) in [5.74, 6) is 0.331. The lowest BCUT2D eigenvalue weighted by molar-refractivity contribution is -0.151. The van der Waals surface area contributed by atoms with Crippen molar-refractivity contribution in [2.45, 2.75) is 38.2 Å². The first kappa shape index (κ1) is 7.84. The van der Waals surface area contributed by atoms with Gasteiger partial charge in [0.25, 0.3) is 0 Å². The van der Waals surface area contributed by atoms with Crippen LogP contribution in [0, 0.1) is 5.92 Å². The second-order valence-electron chi connectivity index (χ2n) is 3.86. The van der Waals surface area contributed by atoms with Crippen molar-refractivity contribution in [1.29, 1.82) is 0 Å². The second-order valence-corrected chi connectivity index (χ2v) is 3.86. The molecule has 2 heteroatoms. The van der Waals surface area contributed by atoms with Gasteiger partial charge in [-0.05, 0) is 31.3 Å². The quantitative estimate of drug-likeness (QED) is 0.515. The Morgan fingerprint density at radius 3 is 3.00 bits per heavy atom. The molecule has 1 aliphatic heterocycles. The summed E-state index contributed by atoms with van der Waals surface area (Å²) in [6.07, 6.45) is 8.17. The Kier molecular flexibility index (Phi) is 1.71. The van der Waals surface area contributed by atoms with E-state index < -0.39 is 0 Å². The van der Waals surface area contributed by atoms with Crippen LogP contribution in [0.4, 0.5) is 0 Å². The summed E-state index contributed by atoms with van der Waals surface area (Å²) in [6.45, 7) is 2.17. The Morgan fingerprint density at radius 2 is 2.42 bits per heavy atom. The molecule has 0 saturated heterocycles. The molecule has 1 heterocycles. The van der Waals surface area contributed by atoms with Gasteiger partial charge in [0.05, 0.1) is 0 Å². The Balaban J connectivity index is 2.19. The van der Waals surface area contributed by atoms with Gasteiger partial charge in [-0.25, -0.2) is 4.79 Å². The zero-order valence-electron chi connectivity index (χ0n) is 7.38. The molecule has 0 aromatic carbocycles. The number of carbonyl (C=O) groups is 1. The molecule has 2 nitrogen and oxygen atoms in total. The molecule has 12 heavy (non-hydrogen) atoms. The Morgan fingerprint density at radius 1 is 1.58 bits per heavy atom. The van der Waals surface area contributed by atoms with Gasteiger partial charge in [-0.15, -0.1) is 0 Å². The molecule has 1 aliphatic carbocycles. The van der Waals surface area contributed by atoms with E-state index in [1.54, 1.807) is 6.08 Å².